The Morgan fingerprint density at radius 2 is 1.86 bits per heavy atom. The van der Waals surface area contributed by atoms with Gasteiger partial charge in [-0.1, -0.05) is 12.1 Å². The summed E-state index contributed by atoms with van der Waals surface area (Å²) >= 11 is 0. The fourth-order valence-corrected chi connectivity index (χ4v) is 2.40. The number of ether oxygens (including phenoxy) is 1. The van der Waals surface area contributed by atoms with Gasteiger partial charge in [-0.05, 0) is 31.2 Å². The van der Waals surface area contributed by atoms with Crippen LogP contribution < -0.4 is 10.1 Å². The van der Waals surface area contributed by atoms with Crippen LogP contribution in [-0.2, 0) is 11.2 Å². The van der Waals surface area contributed by atoms with Crippen LogP contribution in [0, 0.1) is 0 Å². The highest BCUT2D eigenvalue weighted by Crippen LogP contribution is 2.11. The summed E-state index contributed by atoms with van der Waals surface area (Å²) < 4.78 is 5.13. The Balaban J connectivity index is 1.64. The average Bonchev–Trinajstić information content (AvgIpc) is 2.50. The average molecular weight is 291 g/mol. The molecule has 5 heteroatoms. The Bertz CT molecular complexity index is 439. The lowest BCUT2D eigenvalue weighted by Crippen LogP contribution is -2.48. The number of piperazine rings is 1. The van der Waals surface area contributed by atoms with E-state index >= 15 is 0 Å². The van der Waals surface area contributed by atoms with Gasteiger partial charge in [0.1, 0.15) is 5.75 Å². The molecule has 0 radical (unpaired) electrons. The molecule has 116 valence electrons. The van der Waals surface area contributed by atoms with Gasteiger partial charge >= 0.3 is 0 Å². The monoisotopic (exact) mass is 291 g/mol. The lowest BCUT2D eigenvalue weighted by molar-refractivity contribution is -0.122. The molecule has 1 aliphatic rings. The third-order valence-electron chi connectivity index (χ3n) is 3.86. The molecule has 2 rings (SSSR count). The number of carbonyl (C=O) groups is 1. The van der Waals surface area contributed by atoms with Crippen LogP contribution in [0.3, 0.4) is 0 Å². The maximum atomic E-state index is 11.9. The van der Waals surface area contributed by atoms with Gasteiger partial charge in [-0.15, -0.1) is 0 Å². The van der Waals surface area contributed by atoms with Crippen molar-refractivity contribution >= 4 is 5.91 Å². The maximum absolute atomic E-state index is 11.9. The molecular formula is C16H25N3O2. The van der Waals surface area contributed by atoms with Crippen molar-refractivity contribution in [3.63, 3.8) is 0 Å². The predicted molar refractivity (Wildman–Crippen MR) is 83.6 cm³/mol. The summed E-state index contributed by atoms with van der Waals surface area (Å²) in [7, 11) is 3.78. The van der Waals surface area contributed by atoms with Gasteiger partial charge in [0.25, 0.3) is 0 Å². The molecule has 0 aliphatic carbocycles. The summed E-state index contributed by atoms with van der Waals surface area (Å²) in [5.74, 6) is 0.978. The van der Waals surface area contributed by atoms with E-state index < -0.39 is 0 Å². The van der Waals surface area contributed by atoms with Crippen LogP contribution in [0.2, 0.25) is 0 Å². The van der Waals surface area contributed by atoms with E-state index in [2.05, 4.69) is 22.2 Å². The van der Waals surface area contributed by atoms with Crippen molar-refractivity contribution in [3.05, 3.63) is 29.8 Å². The first-order valence-electron chi connectivity index (χ1n) is 7.48. The Labute approximate surface area is 126 Å². The van der Waals surface area contributed by atoms with E-state index in [0.29, 0.717) is 13.1 Å². The van der Waals surface area contributed by atoms with Gasteiger partial charge < -0.3 is 15.0 Å². The molecule has 5 nitrogen and oxygen atoms in total. The molecule has 1 fully saturated rings. The largest absolute Gasteiger partial charge is 0.497 e. The zero-order valence-electron chi connectivity index (χ0n) is 13.0. The number of likely N-dealkylation sites (N-methyl/N-ethyl adjacent to an activating group) is 1. The number of methoxy groups -OCH3 is 1. The van der Waals surface area contributed by atoms with Gasteiger partial charge in [0.05, 0.1) is 13.7 Å². The Morgan fingerprint density at radius 1 is 1.19 bits per heavy atom. The second-order valence-corrected chi connectivity index (χ2v) is 5.53. The molecule has 0 bridgehead atoms. The van der Waals surface area contributed by atoms with Crippen molar-refractivity contribution in [1.82, 2.24) is 15.1 Å². The molecule has 21 heavy (non-hydrogen) atoms. The number of nitrogens with one attached hydrogen (secondary N) is 1. The van der Waals surface area contributed by atoms with Gasteiger partial charge in [-0.3, -0.25) is 9.69 Å². The highest BCUT2D eigenvalue weighted by Gasteiger charge is 2.15. The van der Waals surface area contributed by atoms with E-state index in [0.717, 1.165) is 38.3 Å². The minimum Gasteiger partial charge on any atom is -0.497 e. The van der Waals surface area contributed by atoms with Gasteiger partial charge in [-0.25, -0.2) is 0 Å². The molecule has 0 atom stereocenters. The molecule has 1 heterocycles. The first-order valence-corrected chi connectivity index (χ1v) is 7.48. The lowest BCUT2D eigenvalue weighted by atomic mass is 10.1. The minimum atomic E-state index is 0.119. The normalized spacial score (nSPS) is 16.7. The topological polar surface area (TPSA) is 44.8 Å². The number of hydrogen-bond acceptors (Lipinski definition) is 4. The Hall–Kier alpha value is -1.59. The summed E-state index contributed by atoms with van der Waals surface area (Å²) in [5, 5.41) is 2.99. The van der Waals surface area contributed by atoms with Gasteiger partial charge in [0, 0.05) is 32.7 Å². The smallest absolute Gasteiger partial charge is 0.234 e. The standard InChI is InChI=1S/C16H25N3O2/c1-18-9-11-19(12-10-18)13-16(20)17-8-7-14-3-5-15(21-2)6-4-14/h3-6H,7-13H2,1-2H3,(H,17,20). The lowest BCUT2D eigenvalue weighted by Gasteiger charge is -2.31. The summed E-state index contributed by atoms with van der Waals surface area (Å²) in [6.07, 6.45) is 0.846. The molecule has 0 aromatic heterocycles. The van der Waals surface area contributed by atoms with Crippen molar-refractivity contribution in [2.75, 3.05) is 53.4 Å². The van der Waals surface area contributed by atoms with E-state index in [1.807, 2.05) is 24.3 Å². The van der Waals surface area contributed by atoms with Gasteiger partial charge in [-0.2, -0.15) is 0 Å². The van der Waals surface area contributed by atoms with Crippen LogP contribution in [0.15, 0.2) is 24.3 Å². The quantitative estimate of drug-likeness (QED) is 0.834. The van der Waals surface area contributed by atoms with Crippen molar-refractivity contribution in [2.24, 2.45) is 0 Å². The first-order chi connectivity index (χ1) is 10.2. The molecule has 0 saturated carbocycles. The third kappa shape index (κ3) is 5.36. The fourth-order valence-electron chi connectivity index (χ4n) is 2.40. The van der Waals surface area contributed by atoms with E-state index in [9.17, 15) is 4.79 Å². The zero-order chi connectivity index (χ0) is 15.1. The van der Waals surface area contributed by atoms with Gasteiger partial charge in [0.15, 0.2) is 0 Å². The number of hydrogen-bond donors (Lipinski definition) is 1. The summed E-state index contributed by atoms with van der Waals surface area (Å²) in [6, 6.07) is 7.96. The second kappa shape index (κ2) is 8.00. The summed E-state index contributed by atoms with van der Waals surface area (Å²) in [4.78, 5) is 16.4. The zero-order valence-corrected chi connectivity index (χ0v) is 13.0. The molecule has 1 aliphatic heterocycles. The van der Waals surface area contributed by atoms with Crippen LogP contribution in [0.25, 0.3) is 0 Å². The third-order valence-corrected chi connectivity index (χ3v) is 3.86. The van der Waals surface area contributed by atoms with Crippen LogP contribution in [0.4, 0.5) is 0 Å². The molecule has 1 N–H and O–H groups in total. The molecule has 1 saturated heterocycles. The van der Waals surface area contributed by atoms with Crippen molar-refractivity contribution in [2.45, 2.75) is 6.42 Å². The number of carbonyl (C=O) groups excluding carboxylic acids is 1. The number of rotatable bonds is 6. The highest BCUT2D eigenvalue weighted by atomic mass is 16.5. The number of amides is 1. The van der Waals surface area contributed by atoms with E-state index in [-0.39, 0.29) is 5.91 Å². The predicted octanol–water partition coefficient (Wildman–Crippen LogP) is 0.601. The first kappa shape index (κ1) is 15.8. The highest BCUT2D eigenvalue weighted by molar-refractivity contribution is 5.78. The molecule has 1 amide bonds. The van der Waals surface area contributed by atoms with Crippen LogP contribution in [0.5, 0.6) is 5.75 Å². The molecular weight excluding hydrogens is 266 g/mol. The summed E-state index contributed by atoms with van der Waals surface area (Å²) in [5.41, 5.74) is 1.20. The SMILES string of the molecule is COc1ccc(CCNC(=O)CN2CCN(C)CC2)cc1. The van der Waals surface area contributed by atoms with Crippen LogP contribution >= 0.6 is 0 Å². The van der Waals surface area contributed by atoms with Crippen LogP contribution in [0.1, 0.15) is 5.56 Å². The van der Waals surface area contributed by atoms with Gasteiger partial charge in [0.2, 0.25) is 5.91 Å². The van der Waals surface area contributed by atoms with E-state index in [1.165, 1.54) is 5.56 Å². The molecule has 1 aromatic carbocycles. The summed E-state index contributed by atoms with van der Waals surface area (Å²) in [6.45, 7) is 5.22. The minimum absolute atomic E-state index is 0.119. The van der Waals surface area contributed by atoms with E-state index in [4.69, 9.17) is 4.74 Å². The second-order valence-electron chi connectivity index (χ2n) is 5.53. The van der Waals surface area contributed by atoms with Crippen molar-refractivity contribution in [1.29, 1.82) is 0 Å². The maximum Gasteiger partial charge on any atom is 0.234 e. The van der Waals surface area contributed by atoms with E-state index in [1.54, 1.807) is 7.11 Å². The molecule has 0 spiro atoms. The number of benzene rings is 1. The number of nitrogens with zero attached hydrogens (tertiary/aromatic N) is 2. The molecule has 0 unspecified atom stereocenters. The van der Waals surface area contributed by atoms with Crippen LogP contribution in [-0.4, -0.2) is 69.1 Å². The Morgan fingerprint density at radius 3 is 2.48 bits per heavy atom. The fraction of sp³-hybridized carbons (Fsp3) is 0.562. The van der Waals surface area contributed by atoms with Crippen molar-refractivity contribution in [3.8, 4) is 5.75 Å². The molecule has 1 aromatic rings. The van der Waals surface area contributed by atoms with Crippen molar-refractivity contribution < 1.29 is 9.53 Å². The Kier molecular flexibility index (Phi) is 6.02.